The van der Waals surface area contributed by atoms with Gasteiger partial charge in [0.05, 0.1) is 24.1 Å². The first-order valence-corrected chi connectivity index (χ1v) is 6.33. The van der Waals surface area contributed by atoms with Gasteiger partial charge >= 0.3 is 0 Å². The largest absolute Gasteiger partial charge is 0.269 e. The van der Waals surface area contributed by atoms with Gasteiger partial charge in [-0.25, -0.2) is 4.39 Å². The summed E-state index contributed by atoms with van der Waals surface area (Å²) in [7, 11) is 0. The van der Waals surface area contributed by atoms with Crippen molar-refractivity contribution >= 4 is 0 Å². The normalized spacial score (nSPS) is 10.7. The Morgan fingerprint density at radius 3 is 2.65 bits per heavy atom. The van der Waals surface area contributed by atoms with Crippen molar-refractivity contribution in [2.45, 2.75) is 6.54 Å². The van der Waals surface area contributed by atoms with E-state index in [-0.39, 0.29) is 6.54 Å². The molecule has 100 valence electrons. The van der Waals surface area contributed by atoms with Crippen LogP contribution < -0.4 is 0 Å². The molecule has 0 saturated heterocycles. The molecule has 0 aliphatic carbocycles. The molecule has 5 heteroatoms. The molecule has 2 heterocycles. The summed E-state index contributed by atoms with van der Waals surface area (Å²) in [6, 6.07) is 9.79. The molecule has 0 atom stereocenters. The maximum absolute atomic E-state index is 12.3. The van der Waals surface area contributed by atoms with Crippen molar-refractivity contribution < 1.29 is 4.39 Å². The van der Waals surface area contributed by atoms with Crippen molar-refractivity contribution in [3.8, 4) is 22.5 Å². The number of aryl methyl sites for hydroxylation is 1. The maximum Gasteiger partial charge on any atom is 0.109 e. The lowest BCUT2D eigenvalue weighted by atomic mass is 10.1. The summed E-state index contributed by atoms with van der Waals surface area (Å²) < 4.78 is 13.9. The summed E-state index contributed by atoms with van der Waals surface area (Å²) in [6.07, 6.45) is 6.81. The Balaban J connectivity index is 1.94. The highest BCUT2D eigenvalue weighted by Gasteiger charge is 2.05. The highest BCUT2D eigenvalue weighted by atomic mass is 19.1. The van der Waals surface area contributed by atoms with E-state index in [0.29, 0.717) is 0 Å². The number of hydrogen-bond acceptors (Lipinski definition) is 3. The van der Waals surface area contributed by atoms with Crippen LogP contribution in [0.15, 0.2) is 55.1 Å². The van der Waals surface area contributed by atoms with Crippen LogP contribution >= 0.6 is 0 Å². The summed E-state index contributed by atoms with van der Waals surface area (Å²) >= 11 is 0. The quantitative estimate of drug-likeness (QED) is 0.730. The predicted octanol–water partition coefficient (Wildman–Crippen LogP) is 2.98. The van der Waals surface area contributed by atoms with Crippen LogP contribution in [0.2, 0.25) is 0 Å². The fraction of sp³-hybridized carbons (Fsp3) is 0.133. The Morgan fingerprint density at radius 1 is 1.05 bits per heavy atom. The van der Waals surface area contributed by atoms with Crippen molar-refractivity contribution in [3.63, 3.8) is 0 Å². The average molecular weight is 268 g/mol. The minimum atomic E-state index is -0.416. The molecular formula is C15H13FN4. The zero-order valence-electron chi connectivity index (χ0n) is 10.8. The standard InChI is InChI=1S/C15H13FN4/c16-5-9-20-8-4-14(19-20)12-2-1-3-13(10-12)15-11-17-6-7-18-15/h1-4,6-8,10-11H,5,9H2. The first-order valence-electron chi connectivity index (χ1n) is 6.33. The molecule has 0 aliphatic heterocycles. The second-order valence-corrected chi connectivity index (χ2v) is 4.32. The van der Waals surface area contributed by atoms with Crippen LogP contribution in [0.4, 0.5) is 4.39 Å². The molecule has 0 fully saturated rings. The predicted molar refractivity (Wildman–Crippen MR) is 74.7 cm³/mol. The summed E-state index contributed by atoms with van der Waals surface area (Å²) in [6.45, 7) is -0.134. The van der Waals surface area contributed by atoms with E-state index < -0.39 is 6.67 Å². The number of halogens is 1. The maximum atomic E-state index is 12.3. The lowest BCUT2D eigenvalue weighted by molar-refractivity contribution is 0.427. The van der Waals surface area contributed by atoms with E-state index in [0.717, 1.165) is 22.5 Å². The Labute approximate surface area is 115 Å². The molecule has 0 bridgehead atoms. The molecule has 0 amide bonds. The molecule has 0 unspecified atom stereocenters. The van der Waals surface area contributed by atoms with Gasteiger partial charge in [-0.15, -0.1) is 0 Å². The lowest BCUT2D eigenvalue weighted by Gasteiger charge is -2.02. The highest BCUT2D eigenvalue weighted by Crippen LogP contribution is 2.23. The molecule has 0 spiro atoms. The molecule has 0 radical (unpaired) electrons. The van der Waals surface area contributed by atoms with E-state index >= 15 is 0 Å². The van der Waals surface area contributed by atoms with Crippen molar-refractivity contribution in [2.24, 2.45) is 0 Å². The molecule has 3 rings (SSSR count). The van der Waals surface area contributed by atoms with E-state index in [1.165, 1.54) is 0 Å². The smallest absolute Gasteiger partial charge is 0.109 e. The van der Waals surface area contributed by atoms with Gasteiger partial charge in [0, 0.05) is 29.7 Å². The summed E-state index contributed by atoms with van der Waals surface area (Å²) in [5, 5.41) is 4.35. The van der Waals surface area contributed by atoms with E-state index in [1.807, 2.05) is 30.3 Å². The van der Waals surface area contributed by atoms with Crippen LogP contribution in [0.1, 0.15) is 0 Å². The third kappa shape index (κ3) is 2.56. The van der Waals surface area contributed by atoms with Crippen LogP contribution in [0, 0.1) is 0 Å². The summed E-state index contributed by atoms with van der Waals surface area (Å²) in [5.41, 5.74) is 3.60. The third-order valence-electron chi connectivity index (χ3n) is 2.97. The molecule has 2 aromatic heterocycles. The first-order chi connectivity index (χ1) is 9.86. The van der Waals surface area contributed by atoms with Crippen molar-refractivity contribution in [1.82, 2.24) is 19.7 Å². The number of alkyl halides is 1. The average Bonchev–Trinajstić information content (AvgIpc) is 2.97. The molecule has 1 aromatic carbocycles. The molecular weight excluding hydrogens is 255 g/mol. The Kier molecular flexibility index (Phi) is 3.50. The Hall–Kier alpha value is -2.56. The minimum Gasteiger partial charge on any atom is -0.269 e. The Morgan fingerprint density at radius 2 is 1.90 bits per heavy atom. The van der Waals surface area contributed by atoms with Gasteiger partial charge in [0.2, 0.25) is 0 Å². The second-order valence-electron chi connectivity index (χ2n) is 4.32. The van der Waals surface area contributed by atoms with Crippen LogP contribution in [0.25, 0.3) is 22.5 Å². The number of benzene rings is 1. The number of hydrogen-bond donors (Lipinski definition) is 0. The number of nitrogens with zero attached hydrogens (tertiary/aromatic N) is 4. The molecule has 0 saturated carbocycles. The topological polar surface area (TPSA) is 43.6 Å². The number of rotatable bonds is 4. The monoisotopic (exact) mass is 268 g/mol. The highest BCUT2D eigenvalue weighted by molar-refractivity contribution is 5.68. The van der Waals surface area contributed by atoms with Gasteiger partial charge in [-0.1, -0.05) is 18.2 Å². The summed E-state index contributed by atoms with van der Waals surface area (Å²) in [5.74, 6) is 0. The fourth-order valence-corrected chi connectivity index (χ4v) is 2.01. The molecule has 3 aromatic rings. The van der Waals surface area contributed by atoms with Crippen LogP contribution in [0.5, 0.6) is 0 Å². The fourth-order valence-electron chi connectivity index (χ4n) is 2.01. The van der Waals surface area contributed by atoms with E-state index in [9.17, 15) is 4.39 Å². The molecule has 0 aliphatic rings. The minimum absolute atomic E-state index is 0.282. The Bertz CT molecular complexity index is 694. The van der Waals surface area contributed by atoms with Gasteiger partial charge < -0.3 is 0 Å². The van der Waals surface area contributed by atoms with Gasteiger partial charge in [0.1, 0.15) is 6.67 Å². The van der Waals surface area contributed by atoms with E-state index in [2.05, 4.69) is 15.1 Å². The van der Waals surface area contributed by atoms with Crippen molar-refractivity contribution in [1.29, 1.82) is 0 Å². The molecule has 0 N–H and O–H groups in total. The zero-order valence-corrected chi connectivity index (χ0v) is 10.8. The molecule has 4 nitrogen and oxygen atoms in total. The van der Waals surface area contributed by atoms with Gasteiger partial charge in [0.15, 0.2) is 0 Å². The summed E-state index contributed by atoms with van der Waals surface area (Å²) in [4.78, 5) is 8.35. The SMILES string of the molecule is FCCn1ccc(-c2cccc(-c3cnccn3)c2)n1. The van der Waals surface area contributed by atoms with Gasteiger partial charge in [0.25, 0.3) is 0 Å². The first kappa shape index (κ1) is 12.5. The van der Waals surface area contributed by atoms with Crippen LogP contribution in [-0.2, 0) is 6.54 Å². The third-order valence-corrected chi connectivity index (χ3v) is 2.97. The van der Waals surface area contributed by atoms with Gasteiger partial charge in [-0.3, -0.25) is 14.6 Å². The van der Waals surface area contributed by atoms with Crippen LogP contribution in [-0.4, -0.2) is 26.4 Å². The number of aromatic nitrogens is 4. The zero-order chi connectivity index (χ0) is 13.8. The van der Waals surface area contributed by atoms with Crippen molar-refractivity contribution in [2.75, 3.05) is 6.67 Å². The van der Waals surface area contributed by atoms with Gasteiger partial charge in [-0.2, -0.15) is 5.10 Å². The van der Waals surface area contributed by atoms with Crippen LogP contribution in [0.3, 0.4) is 0 Å². The van der Waals surface area contributed by atoms with Gasteiger partial charge in [-0.05, 0) is 12.1 Å². The lowest BCUT2D eigenvalue weighted by Crippen LogP contribution is -1.99. The van der Waals surface area contributed by atoms with Crippen molar-refractivity contribution in [3.05, 3.63) is 55.1 Å². The molecule has 20 heavy (non-hydrogen) atoms. The van der Waals surface area contributed by atoms with E-state index in [1.54, 1.807) is 29.5 Å². The second kappa shape index (κ2) is 5.61. The van der Waals surface area contributed by atoms with E-state index in [4.69, 9.17) is 0 Å².